The van der Waals surface area contributed by atoms with Crippen LogP contribution in [0.3, 0.4) is 0 Å². The molecule has 1 fully saturated rings. The van der Waals surface area contributed by atoms with Gasteiger partial charge in [-0.15, -0.1) is 0 Å². The lowest BCUT2D eigenvalue weighted by atomic mass is 9.98. The quantitative estimate of drug-likeness (QED) is 0.233. The van der Waals surface area contributed by atoms with Crippen LogP contribution in [0.4, 0.5) is 4.79 Å². The van der Waals surface area contributed by atoms with Crippen LogP contribution in [0.2, 0.25) is 0 Å². The number of benzene rings is 1. The Morgan fingerprint density at radius 3 is 2.14 bits per heavy atom. The topological polar surface area (TPSA) is 126 Å². The fourth-order valence-electron chi connectivity index (χ4n) is 3.44. The maximum absolute atomic E-state index is 13.0. The molecule has 1 unspecified atom stereocenters. The minimum atomic E-state index is -1.81. The monoisotopic (exact) mass is 491 g/mol. The summed E-state index contributed by atoms with van der Waals surface area (Å²) in [6.45, 7) is 9.13. The number of carbonyl (C=O) groups is 5. The summed E-state index contributed by atoms with van der Waals surface area (Å²) in [6.07, 6.45) is -1.40. The van der Waals surface area contributed by atoms with E-state index in [4.69, 9.17) is 18.9 Å². The van der Waals surface area contributed by atoms with Gasteiger partial charge in [0.25, 0.3) is 6.10 Å². The zero-order valence-corrected chi connectivity index (χ0v) is 20.8. The first kappa shape index (κ1) is 27.8. The molecule has 35 heavy (non-hydrogen) atoms. The molecule has 0 bridgehead atoms. The zero-order valence-electron chi connectivity index (χ0n) is 20.8. The highest BCUT2D eigenvalue weighted by Crippen LogP contribution is 2.22. The minimum absolute atomic E-state index is 0.0161. The first-order valence-electron chi connectivity index (χ1n) is 11.6. The number of amides is 1. The smallest absolute Gasteiger partial charge is 0.410 e. The largest absolute Gasteiger partial charge is 0.463 e. The summed E-state index contributed by atoms with van der Waals surface area (Å²) in [4.78, 5) is 64.1. The van der Waals surface area contributed by atoms with E-state index in [-0.39, 0.29) is 30.9 Å². The highest BCUT2D eigenvalue weighted by atomic mass is 16.6. The molecule has 1 aromatic rings. The molecule has 10 heteroatoms. The van der Waals surface area contributed by atoms with Crippen LogP contribution in [0.15, 0.2) is 24.3 Å². The highest BCUT2D eigenvalue weighted by molar-refractivity contribution is 6.12. The van der Waals surface area contributed by atoms with Crippen LogP contribution in [0, 0.1) is 5.92 Å². The van der Waals surface area contributed by atoms with E-state index in [1.807, 2.05) is 0 Å². The second-order valence-corrected chi connectivity index (χ2v) is 9.00. The first-order valence-corrected chi connectivity index (χ1v) is 11.6. The number of ether oxygens (including phenoxy) is 4. The van der Waals surface area contributed by atoms with Gasteiger partial charge >= 0.3 is 24.0 Å². The molecule has 0 spiro atoms. The summed E-state index contributed by atoms with van der Waals surface area (Å²) in [5.74, 6) is -3.85. The van der Waals surface area contributed by atoms with Crippen molar-refractivity contribution < 1.29 is 42.9 Å². The number of hydrogen-bond donors (Lipinski definition) is 0. The van der Waals surface area contributed by atoms with Crippen LogP contribution in [0.1, 0.15) is 68.2 Å². The van der Waals surface area contributed by atoms with Crippen molar-refractivity contribution in [3.63, 3.8) is 0 Å². The van der Waals surface area contributed by atoms with Crippen molar-refractivity contribution in [3.05, 3.63) is 35.4 Å². The van der Waals surface area contributed by atoms with Gasteiger partial charge in [-0.25, -0.2) is 14.4 Å². The average molecular weight is 492 g/mol. The molecular weight excluding hydrogens is 458 g/mol. The van der Waals surface area contributed by atoms with E-state index in [0.29, 0.717) is 19.4 Å². The Labute approximate surface area is 204 Å². The molecule has 0 aliphatic carbocycles. The number of Topliss-reactive ketones (excluding diaryl/α,β-unsaturated/α-hetero) is 1. The molecule has 192 valence electrons. The molecule has 10 nitrogen and oxygen atoms in total. The lowest BCUT2D eigenvalue weighted by molar-refractivity contribution is -0.167. The zero-order chi connectivity index (χ0) is 26.2. The Hall–Kier alpha value is -3.43. The number of likely N-dealkylation sites (tertiary alicyclic amines) is 1. The maximum atomic E-state index is 13.0. The summed E-state index contributed by atoms with van der Waals surface area (Å²) in [7, 11) is 0. The normalized spacial score (nSPS) is 16.6. The van der Waals surface area contributed by atoms with Crippen LogP contribution in [-0.2, 0) is 28.5 Å². The Bertz CT molecular complexity index is 933. The van der Waals surface area contributed by atoms with Gasteiger partial charge in [0, 0.05) is 18.7 Å². The molecular formula is C25H33NO9. The van der Waals surface area contributed by atoms with E-state index in [9.17, 15) is 24.0 Å². The number of nitrogens with zero attached hydrogens (tertiary/aromatic N) is 1. The number of esters is 3. The van der Waals surface area contributed by atoms with Crippen molar-refractivity contribution in [2.24, 2.45) is 5.92 Å². The average Bonchev–Trinajstić information content (AvgIpc) is 2.81. The molecule has 1 saturated heterocycles. The Balaban J connectivity index is 2.14. The third-order valence-corrected chi connectivity index (χ3v) is 5.06. The van der Waals surface area contributed by atoms with E-state index in [2.05, 4.69) is 0 Å². The van der Waals surface area contributed by atoms with Gasteiger partial charge in [0.05, 0.1) is 24.7 Å². The standard InChI is InChI=1S/C25H33NO9/c1-6-32-21(28)17-12-10-16(11-13-17)19(27)20(23(30)33-7-2)34-22(29)18-9-8-14-26(15-18)24(31)35-25(3,4)5/h10-13,18,20H,6-9,14-15H2,1-5H3/t18-,20?/m1/s1. The third-order valence-electron chi connectivity index (χ3n) is 5.06. The number of carbonyl (C=O) groups excluding carboxylic acids is 5. The second kappa shape index (κ2) is 12.3. The van der Waals surface area contributed by atoms with Gasteiger partial charge < -0.3 is 23.8 Å². The van der Waals surface area contributed by atoms with Crippen molar-refractivity contribution in [1.82, 2.24) is 4.90 Å². The Morgan fingerprint density at radius 1 is 0.971 bits per heavy atom. The summed E-state index contributed by atoms with van der Waals surface area (Å²) >= 11 is 0. The number of piperidine rings is 1. The highest BCUT2D eigenvalue weighted by Gasteiger charge is 2.38. The molecule has 0 radical (unpaired) electrons. The van der Waals surface area contributed by atoms with Gasteiger partial charge in [-0.2, -0.15) is 0 Å². The van der Waals surface area contributed by atoms with Crippen molar-refractivity contribution >= 4 is 29.8 Å². The molecule has 2 rings (SSSR count). The summed E-state index contributed by atoms with van der Waals surface area (Å²) in [6, 6.07) is 5.46. The molecule has 1 aromatic carbocycles. The number of rotatable bonds is 8. The maximum Gasteiger partial charge on any atom is 0.410 e. The van der Waals surface area contributed by atoms with E-state index in [0.717, 1.165) is 0 Å². The molecule has 0 N–H and O–H groups in total. The molecule has 0 saturated carbocycles. The van der Waals surface area contributed by atoms with Crippen LogP contribution >= 0.6 is 0 Å². The molecule has 0 aromatic heterocycles. The van der Waals surface area contributed by atoms with Crippen LogP contribution < -0.4 is 0 Å². The Morgan fingerprint density at radius 2 is 1.57 bits per heavy atom. The van der Waals surface area contributed by atoms with Gasteiger partial charge in [-0.05, 0) is 59.6 Å². The third kappa shape index (κ3) is 8.08. The summed E-state index contributed by atoms with van der Waals surface area (Å²) in [5, 5.41) is 0. The van der Waals surface area contributed by atoms with Crippen molar-refractivity contribution in [2.75, 3.05) is 26.3 Å². The second-order valence-electron chi connectivity index (χ2n) is 9.00. The van der Waals surface area contributed by atoms with Crippen molar-refractivity contribution in [1.29, 1.82) is 0 Å². The van der Waals surface area contributed by atoms with Crippen molar-refractivity contribution in [3.8, 4) is 0 Å². The van der Waals surface area contributed by atoms with Gasteiger partial charge in [-0.1, -0.05) is 12.1 Å². The molecule has 1 heterocycles. The predicted molar refractivity (Wildman–Crippen MR) is 124 cm³/mol. The first-order chi connectivity index (χ1) is 16.5. The van der Waals surface area contributed by atoms with Gasteiger partial charge in [0.1, 0.15) is 5.60 Å². The van der Waals surface area contributed by atoms with E-state index in [1.165, 1.54) is 29.2 Å². The SMILES string of the molecule is CCOC(=O)c1ccc(C(=O)C(OC(=O)[C@@H]2CCCN(C(=O)OC(C)(C)C)C2)C(=O)OCC)cc1. The van der Waals surface area contributed by atoms with E-state index >= 15 is 0 Å². The lowest BCUT2D eigenvalue weighted by Crippen LogP contribution is -2.46. The van der Waals surface area contributed by atoms with E-state index in [1.54, 1.807) is 34.6 Å². The van der Waals surface area contributed by atoms with Gasteiger partial charge in [0.2, 0.25) is 5.78 Å². The minimum Gasteiger partial charge on any atom is -0.463 e. The summed E-state index contributed by atoms with van der Waals surface area (Å²) in [5.41, 5.74) is -0.394. The molecule has 2 atom stereocenters. The van der Waals surface area contributed by atoms with Gasteiger partial charge in [-0.3, -0.25) is 9.59 Å². The van der Waals surface area contributed by atoms with Crippen LogP contribution in [-0.4, -0.2) is 72.7 Å². The lowest BCUT2D eigenvalue weighted by Gasteiger charge is -2.33. The van der Waals surface area contributed by atoms with E-state index < -0.39 is 47.4 Å². The molecule has 1 aliphatic heterocycles. The van der Waals surface area contributed by atoms with Crippen molar-refractivity contribution in [2.45, 2.75) is 59.2 Å². The van der Waals surface area contributed by atoms with Crippen LogP contribution in [0.5, 0.6) is 0 Å². The van der Waals surface area contributed by atoms with Crippen LogP contribution in [0.25, 0.3) is 0 Å². The summed E-state index contributed by atoms with van der Waals surface area (Å²) < 4.78 is 20.6. The molecule has 1 amide bonds. The molecule has 1 aliphatic rings. The number of hydrogen-bond acceptors (Lipinski definition) is 9. The fourth-order valence-corrected chi connectivity index (χ4v) is 3.44. The fraction of sp³-hybridized carbons (Fsp3) is 0.560. The van der Waals surface area contributed by atoms with Gasteiger partial charge in [0.15, 0.2) is 0 Å². The Kier molecular flexibility index (Phi) is 9.79. The predicted octanol–water partition coefficient (Wildman–Crippen LogP) is 3.17. The number of ketones is 1.